The number of pyridine rings is 1. The topological polar surface area (TPSA) is 54.2 Å². The normalized spacial score (nSPS) is 11.4. The second kappa shape index (κ2) is 6.15. The summed E-state index contributed by atoms with van der Waals surface area (Å²) in [6.45, 7) is 1.74. The van der Waals surface area contributed by atoms with Crippen LogP contribution in [0.25, 0.3) is 11.2 Å². The number of rotatable bonds is 5. The van der Waals surface area contributed by atoms with Crippen molar-refractivity contribution in [3.8, 4) is 5.75 Å². The van der Waals surface area contributed by atoms with Gasteiger partial charge in [-0.3, -0.25) is 0 Å². The molecule has 0 unspecified atom stereocenters. The van der Waals surface area contributed by atoms with Crippen LogP contribution in [0.4, 0.5) is 0 Å². The number of imidazole rings is 1. The SMILES string of the molecule is CN(C)CCn1c(Cc2ccccc2O)nc2cccnc21. The van der Waals surface area contributed by atoms with Gasteiger partial charge in [-0.2, -0.15) is 0 Å². The maximum absolute atomic E-state index is 9.99. The van der Waals surface area contributed by atoms with E-state index in [0.717, 1.165) is 35.6 Å². The second-order valence-corrected chi connectivity index (χ2v) is 5.63. The van der Waals surface area contributed by atoms with Gasteiger partial charge in [0.15, 0.2) is 5.65 Å². The fourth-order valence-corrected chi connectivity index (χ4v) is 2.51. The number of fused-ring (bicyclic) bond motifs is 1. The Balaban J connectivity index is 2.00. The van der Waals surface area contributed by atoms with Gasteiger partial charge in [0.1, 0.15) is 17.1 Å². The third kappa shape index (κ3) is 2.94. The van der Waals surface area contributed by atoms with Crippen LogP contribution in [0.15, 0.2) is 42.6 Å². The molecule has 0 radical (unpaired) electrons. The van der Waals surface area contributed by atoms with Gasteiger partial charge in [0.25, 0.3) is 0 Å². The van der Waals surface area contributed by atoms with E-state index in [1.165, 1.54) is 0 Å². The Morgan fingerprint density at radius 2 is 1.95 bits per heavy atom. The predicted octanol–water partition coefficient (Wildman–Crippen LogP) is 2.29. The molecule has 5 nitrogen and oxygen atoms in total. The molecule has 0 aliphatic rings. The molecule has 114 valence electrons. The van der Waals surface area contributed by atoms with Crippen molar-refractivity contribution in [2.45, 2.75) is 13.0 Å². The summed E-state index contributed by atoms with van der Waals surface area (Å²) in [6.07, 6.45) is 2.39. The Morgan fingerprint density at radius 3 is 2.73 bits per heavy atom. The lowest BCUT2D eigenvalue weighted by atomic mass is 10.1. The molecule has 2 aromatic heterocycles. The van der Waals surface area contributed by atoms with Gasteiger partial charge in [-0.05, 0) is 32.3 Å². The zero-order valence-corrected chi connectivity index (χ0v) is 12.9. The Bertz CT molecular complexity index is 779. The first-order valence-electron chi connectivity index (χ1n) is 7.37. The Labute approximate surface area is 129 Å². The van der Waals surface area contributed by atoms with E-state index in [0.29, 0.717) is 12.2 Å². The summed E-state index contributed by atoms with van der Waals surface area (Å²) >= 11 is 0. The number of para-hydroxylation sites is 1. The number of benzene rings is 1. The first-order chi connectivity index (χ1) is 10.6. The average Bonchev–Trinajstić information content (AvgIpc) is 2.85. The second-order valence-electron chi connectivity index (χ2n) is 5.63. The smallest absolute Gasteiger partial charge is 0.160 e. The molecule has 1 N–H and O–H groups in total. The lowest BCUT2D eigenvalue weighted by Gasteiger charge is -2.13. The lowest BCUT2D eigenvalue weighted by molar-refractivity contribution is 0.383. The van der Waals surface area contributed by atoms with Crippen LogP contribution in [0.5, 0.6) is 5.75 Å². The van der Waals surface area contributed by atoms with Crippen molar-refractivity contribution in [1.29, 1.82) is 0 Å². The van der Waals surface area contributed by atoms with E-state index < -0.39 is 0 Å². The average molecular weight is 296 g/mol. The van der Waals surface area contributed by atoms with E-state index >= 15 is 0 Å². The quantitative estimate of drug-likeness (QED) is 0.785. The van der Waals surface area contributed by atoms with Crippen LogP contribution in [0.1, 0.15) is 11.4 Å². The largest absolute Gasteiger partial charge is 0.508 e. The monoisotopic (exact) mass is 296 g/mol. The number of phenols is 1. The maximum atomic E-state index is 9.99. The first kappa shape index (κ1) is 14.5. The predicted molar refractivity (Wildman–Crippen MR) is 87.0 cm³/mol. The number of nitrogens with zero attached hydrogens (tertiary/aromatic N) is 4. The van der Waals surface area contributed by atoms with Crippen LogP contribution in [-0.2, 0) is 13.0 Å². The van der Waals surface area contributed by atoms with Crippen LogP contribution in [-0.4, -0.2) is 45.2 Å². The summed E-state index contributed by atoms with van der Waals surface area (Å²) in [5.41, 5.74) is 2.67. The first-order valence-corrected chi connectivity index (χ1v) is 7.37. The lowest BCUT2D eigenvalue weighted by Crippen LogP contribution is -2.20. The fourth-order valence-electron chi connectivity index (χ4n) is 2.51. The minimum Gasteiger partial charge on any atom is -0.508 e. The molecule has 0 atom stereocenters. The van der Waals surface area contributed by atoms with E-state index in [-0.39, 0.29) is 0 Å². The van der Waals surface area contributed by atoms with Crippen molar-refractivity contribution >= 4 is 11.2 Å². The van der Waals surface area contributed by atoms with Gasteiger partial charge in [-0.25, -0.2) is 9.97 Å². The zero-order chi connectivity index (χ0) is 15.5. The molecular formula is C17H20N4O. The summed E-state index contributed by atoms with van der Waals surface area (Å²) in [6, 6.07) is 11.3. The Kier molecular flexibility index (Phi) is 4.06. The van der Waals surface area contributed by atoms with E-state index in [2.05, 4.69) is 28.5 Å². The minimum atomic E-state index is 0.307. The highest BCUT2D eigenvalue weighted by Crippen LogP contribution is 2.22. The molecule has 1 aromatic carbocycles. The summed E-state index contributed by atoms with van der Waals surface area (Å²) in [7, 11) is 4.10. The zero-order valence-electron chi connectivity index (χ0n) is 12.9. The summed E-state index contributed by atoms with van der Waals surface area (Å²) in [5.74, 6) is 1.23. The number of hydrogen-bond acceptors (Lipinski definition) is 4. The Hall–Kier alpha value is -2.40. The van der Waals surface area contributed by atoms with E-state index in [1.807, 2.05) is 30.3 Å². The molecule has 0 aliphatic heterocycles. The molecule has 0 amide bonds. The molecule has 3 aromatic rings. The third-order valence-electron chi connectivity index (χ3n) is 3.69. The van der Waals surface area contributed by atoms with Gasteiger partial charge in [-0.15, -0.1) is 0 Å². The van der Waals surface area contributed by atoms with Crippen molar-refractivity contribution in [2.75, 3.05) is 20.6 Å². The van der Waals surface area contributed by atoms with Crippen LogP contribution in [0.3, 0.4) is 0 Å². The number of hydrogen-bond donors (Lipinski definition) is 1. The van der Waals surface area contributed by atoms with Crippen LogP contribution >= 0.6 is 0 Å². The van der Waals surface area contributed by atoms with Gasteiger partial charge < -0.3 is 14.6 Å². The highest BCUT2D eigenvalue weighted by Gasteiger charge is 2.13. The van der Waals surface area contributed by atoms with Crippen molar-refractivity contribution in [3.05, 3.63) is 54.0 Å². The number of aromatic nitrogens is 3. The molecule has 0 bridgehead atoms. The minimum absolute atomic E-state index is 0.307. The highest BCUT2D eigenvalue weighted by molar-refractivity contribution is 5.71. The fraction of sp³-hybridized carbons (Fsp3) is 0.294. The van der Waals surface area contributed by atoms with Crippen molar-refractivity contribution in [2.24, 2.45) is 0 Å². The maximum Gasteiger partial charge on any atom is 0.160 e. The molecule has 5 heteroatoms. The van der Waals surface area contributed by atoms with Crippen molar-refractivity contribution < 1.29 is 5.11 Å². The molecule has 22 heavy (non-hydrogen) atoms. The van der Waals surface area contributed by atoms with Gasteiger partial charge in [0, 0.05) is 31.3 Å². The molecule has 3 rings (SSSR count). The highest BCUT2D eigenvalue weighted by atomic mass is 16.3. The van der Waals surface area contributed by atoms with Crippen molar-refractivity contribution in [1.82, 2.24) is 19.4 Å². The summed E-state index contributed by atoms with van der Waals surface area (Å²) < 4.78 is 2.14. The van der Waals surface area contributed by atoms with Gasteiger partial charge in [-0.1, -0.05) is 18.2 Å². The van der Waals surface area contributed by atoms with E-state index in [9.17, 15) is 5.11 Å². The van der Waals surface area contributed by atoms with Crippen molar-refractivity contribution in [3.63, 3.8) is 0 Å². The van der Waals surface area contributed by atoms with Crippen LogP contribution in [0, 0.1) is 0 Å². The van der Waals surface area contributed by atoms with Gasteiger partial charge in [0.2, 0.25) is 0 Å². The molecule has 0 saturated heterocycles. The number of likely N-dealkylation sites (N-methyl/N-ethyl adjacent to an activating group) is 1. The van der Waals surface area contributed by atoms with E-state index in [1.54, 1.807) is 12.3 Å². The molecule has 2 heterocycles. The van der Waals surface area contributed by atoms with E-state index in [4.69, 9.17) is 4.98 Å². The van der Waals surface area contributed by atoms with Gasteiger partial charge in [0.05, 0.1) is 0 Å². The molecule has 0 spiro atoms. The number of phenolic OH excluding ortho intramolecular Hbond substituents is 1. The molecular weight excluding hydrogens is 276 g/mol. The summed E-state index contributed by atoms with van der Waals surface area (Å²) in [4.78, 5) is 11.3. The molecule has 0 aliphatic carbocycles. The Morgan fingerprint density at radius 1 is 1.14 bits per heavy atom. The third-order valence-corrected chi connectivity index (χ3v) is 3.69. The number of aromatic hydroxyl groups is 1. The molecule has 0 saturated carbocycles. The van der Waals surface area contributed by atoms with Crippen LogP contribution in [0.2, 0.25) is 0 Å². The standard InChI is InChI=1S/C17H20N4O/c1-20(2)10-11-21-16(12-13-6-3-4-8-15(13)22)19-14-7-5-9-18-17(14)21/h3-9,22H,10-12H2,1-2H3. The summed E-state index contributed by atoms with van der Waals surface area (Å²) in [5, 5.41) is 9.99. The molecule has 0 fully saturated rings. The van der Waals surface area contributed by atoms with Gasteiger partial charge >= 0.3 is 0 Å². The van der Waals surface area contributed by atoms with Crippen LogP contribution < -0.4 is 0 Å².